The van der Waals surface area contributed by atoms with Gasteiger partial charge in [-0.05, 0) is 46.2 Å². The molecule has 8 nitrogen and oxygen atoms in total. The number of carbonyl (C=O) groups excluding carboxylic acids is 1. The van der Waals surface area contributed by atoms with Gasteiger partial charge in [0.1, 0.15) is 12.2 Å². The van der Waals surface area contributed by atoms with Crippen LogP contribution in [0.3, 0.4) is 0 Å². The number of nitrogens with zero attached hydrogens (tertiary/aromatic N) is 1. The van der Waals surface area contributed by atoms with Gasteiger partial charge < -0.3 is 15.5 Å². The molecule has 1 saturated carbocycles. The highest BCUT2D eigenvalue weighted by Crippen LogP contribution is 2.24. The second-order valence-electron chi connectivity index (χ2n) is 10.4. The number of amides is 1. The average Bonchev–Trinajstić information content (AvgIpc) is 3.38. The van der Waals surface area contributed by atoms with E-state index in [4.69, 9.17) is 4.84 Å². The van der Waals surface area contributed by atoms with Crippen LogP contribution in [0.2, 0.25) is 0 Å². The molecule has 8 heteroatoms. The SMILES string of the molecule is CC(=O)NC1CCC(C[NH+]2CCCC2C2NC(C3CCC(N(C)C)[NH2+]C3)NO2)CC1. The summed E-state index contributed by atoms with van der Waals surface area (Å²) in [4.78, 5) is 21.5. The van der Waals surface area contributed by atoms with Gasteiger partial charge in [0.15, 0.2) is 6.23 Å². The first kappa shape index (κ1) is 22.4. The molecule has 0 radical (unpaired) electrons. The predicted molar refractivity (Wildman–Crippen MR) is 115 cm³/mol. The van der Waals surface area contributed by atoms with Crippen molar-refractivity contribution in [3.8, 4) is 0 Å². The van der Waals surface area contributed by atoms with Crippen molar-refractivity contribution in [2.45, 2.75) is 88.9 Å². The Bertz CT molecular complexity index is 560. The number of piperidine rings is 1. The van der Waals surface area contributed by atoms with Crippen LogP contribution in [0.1, 0.15) is 58.3 Å². The van der Waals surface area contributed by atoms with Crippen LogP contribution in [-0.4, -0.2) is 75.2 Å². The summed E-state index contributed by atoms with van der Waals surface area (Å²) in [5.74, 6) is 1.52. The third-order valence-electron chi connectivity index (χ3n) is 8.05. The summed E-state index contributed by atoms with van der Waals surface area (Å²) >= 11 is 0. The van der Waals surface area contributed by atoms with Crippen molar-refractivity contribution in [1.29, 1.82) is 0 Å². The first-order valence-corrected chi connectivity index (χ1v) is 12.3. The zero-order chi connectivity index (χ0) is 21.1. The van der Waals surface area contributed by atoms with Gasteiger partial charge in [-0.2, -0.15) is 5.48 Å². The lowest BCUT2D eigenvalue weighted by molar-refractivity contribution is -0.919. The van der Waals surface area contributed by atoms with Crippen LogP contribution < -0.4 is 26.3 Å². The van der Waals surface area contributed by atoms with Crippen molar-refractivity contribution in [2.75, 3.05) is 33.7 Å². The Hall–Kier alpha value is -0.770. The maximum absolute atomic E-state index is 11.3. The number of hydrogen-bond acceptors (Lipinski definition) is 5. The zero-order valence-corrected chi connectivity index (χ0v) is 19.2. The normalized spacial score (nSPS) is 42.5. The van der Waals surface area contributed by atoms with Crippen molar-refractivity contribution < 1.29 is 19.8 Å². The van der Waals surface area contributed by atoms with Crippen molar-refractivity contribution in [2.24, 2.45) is 11.8 Å². The lowest BCUT2D eigenvalue weighted by Gasteiger charge is -2.34. The second kappa shape index (κ2) is 10.2. The first-order chi connectivity index (χ1) is 14.5. The molecule has 0 aromatic rings. The van der Waals surface area contributed by atoms with E-state index in [1.54, 1.807) is 11.8 Å². The van der Waals surface area contributed by atoms with Gasteiger partial charge in [0.05, 0.1) is 25.8 Å². The predicted octanol–water partition coefficient (Wildman–Crippen LogP) is -1.63. The van der Waals surface area contributed by atoms with Gasteiger partial charge in [-0.15, -0.1) is 0 Å². The molecule has 6 unspecified atom stereocenters. The summed E-state index contributed by atoms with van der Waals surface area (Å²) in [5, 5.41) is 9.39. The molecule has 0 spiro atoms. The molecule has 6 atom stereocenters. The van der Waals surface area contributed by atoms with Crippen LogP contribution in [0.15, 0.2) is 0 Å². The fourth-order valence-electron chi connectivity index (χ4n) is 6.27. The molecule has 3 saturated heterocycles. The summed E-state index contributed by atoms with van der Waals surface area (Å²) in [6.07, 6.45) is 10.8. The Labute approximate surface area is 181 Å². The molecule has 172 valence electrons. The smallest absolute Gasteiger partial charge is 0.217 e. The highest BCUT2D eigenvalue weighted by molar-refractivity contribution is 5.73. The van der Waals surface area contributed by atoms with E-state index in [1.807, 2.05) is 0 Å². The van der Waals surface area contributed by atoms with E-state index < -0.39 is 0 Å². The van der Waals surface area contributed by atoms with Crippen LogP contribution in [-0.2, 0) is 9.63 Å². The molecule has 4 fully saturated rings. The number of rotatable bonds is 6. The van der Waals surface area contributed by atoms with Gasteiger partial charge in [0.2, 0.25) is 5.91 Å². The average molecular weight is 425 g/mol. The fraction of sp³-hybridized carbons (Fsp3) is 0.955. The quantitative estimate of drug-likeness (QED) is 0.353. The minimum absolute atomic E-state index is 0.114. The summed E-state index contributed by atoms with van der Waals surface area (Å²) in [7, 11) is 4.35. The maximum atomic E-state index is 11.3. The van der Waals surface area contributed by atoms with E-state index in [0.29, 0.717) is 24.2 Å². The Morgan fingerprint density at radius 2 is 1.97 bits per heavy atom. The lowest BCUT2D eigenvalue weighted by Crippen LogP contribution is -3.15. The van der Waals surface area contributed by atoms with Gasteiger partial charge in [-0.3, -0.25) is 19.8 Å². The van der Waals surface area contributed by atoms with Crippen molar-refractivity contribution in [1.82, 2.24) is 21.0 Å². The molecule has 6 N–H and O–H groups in total. The molecule has 4 rings (SSSR count). The summed E-state index contributed by atoms with van der Waals surface area (Å²) in [6, 6.07) is 0.949. The minimum Gasteiger partial charge on any atom is -0.354 e. The van der Waals surface area contributed by atoms with Crippen LogP contribution in [0.25, 0.3) is 0 Å². The molecular weight excluding hydrogens is 380 g/mol. The molecule has 30 heavy (non-hydrogen) atoms. The van der Waals surface area contributed by atoms with E-state index >= 15 is 0 Å². The topological polar surface area (TPSA) is 86.7 Å². The standard InChI is InChI=1S/C22H42N6O2/c1-15(29)24-18-9-6-16(7-10-18)14-28-12-4-5-19(28)22-25-21(26-30-22)17-8-11-20(23-13-17)27(2)3/h16-23,25-26H,4-14H2,1-3H3,(H,24,29)/p+2. The minimum atomic E-state index is 0.114. The van der Waals surface area contributed by atoms with E-state index in [9.17, 15) is 4.79 Å². The maximum Gasteiger partial charge on any atom is 0.217 e. The third-order valence-corrected chi connectivity index (χ3v) is 8.05. The molecule has 0 aromatic carbocycles. The number of nitrogens with two attached hydrogens (primary N) is 1. The number of hydrogen-bond donors (Lipinski definition) is 5. The lowest BCUT2D eigenvalue weighted by atomic mass is 9.85. The van der Waals surface area contributed by atoms with Gasteiger partial charge >= 0.3 is 0 Å². The molecular formula is C22H44N6O2+2. The molecule has 0 aromatic heterocycles. The van der Waals surface area contributed by atoms with E-state index in [2.05, 4.69) is 40.4 Å². The van der Waals surface area contributed by atoms with Crippen molar-refractivity contribution in [3.05, 3.63) is 0 Å². The molecule has 4 aliphatic rings. The fourth-order valence-corrected chi connectivity index (χ4v) is 6.27. The van der Waals surface area contributed by atoms with Gasteiger partial charge in [-0.25, -0.2) is 0 Å². The monoisotopic (exact) mass is 424 g/mol. The Morgan fingerprint density at radius 3 is 2.63 bits per heavy atom. The largest absolute Gasteiger partial charge is 0.354 e. The summed E-state index contributed by atoms with van der Waals surface area (Å²) in [6.45, 7) is 5.31. The van der Waals surface area contributed by atoms with Crippen LogP contribution in [0.4, 0.5) is 0 Å². The van der Waals surface area contributed by atoms with Gasteiger partial charge in [0.25, 0.3) is 0 Å². The van der Waals surface area contributed by atoms with Crippen LogP contribution in [0, 0.1) is 11.8 Å². The van der Waals surface area contributed by atoms with E-state index in [1.165, 1.54) is 51.6 Å². The number of hydroxylamine groups is 1. The molecule has 3 aliphatic heterocycles. The van der Waals surface area contributed by atoms with Crippen molar-refractivity contribution in [3.63, 3.8) is 0 Å². The number of nitrogens with one attached hydrogen (secondary N) is 4. The third kappa shape index (κ3) is 5.53. The van der Waals surface area contributed by atoms with E-state index in [-0.39, 0.29) is 18.3 Å². The second-order valence-corrected chi connectivity index (χ2v) is 10.4. The summed E-state index contributed by atoms with van der Waals surface area (Å²) in [5.41, 5.74) is 3.35. The highest BCUT2D eigenvalue weighted by atomic mass is 16.7. The van der Waals surface area contributed by atoms with Gasteiger partial charge in [0, 0.05) is 44.1 Å². The Kier molecular flexibility index (Phi) is 7.65. The van der Waals surface area contributed by atoms with Crippen LogP contribution in [0.5, 0.6) is 0 Å². The summed E-state index contributed by atoms with van der Waals surface area (Å²) < 4.78 is 0. The highest BCUT2D eigenvalue weighted by Gasteiger charge is 2.44. The number of quaternary nitrogens is 2. The zero-order valence-electron chi connectivity index (χ0n) is 19.2. The Morgan fingerprint density at radius 1 is 1.17 bits per heavy atom. The molecule has 1 aliphatic carbocycles. The van der Waals surface area contributed by atoms with Gasteiger partial charge in [-0.1, -0.05) is 0 Å². The molecule has 1 amide bonds. The van der Waals surface area contributed by atoms with Crippen LogP contribution >= 0.6 is 0 Å². The van der Waals surface area contributed by atoms with Crippen molar-refractivity contribution >= 4 is 5.91 Å². The number of likely N-dealkylation sites (tertiary alicyclic amines) is 1. The molecule has 0 bridgehead atoms. The first-order valence-electron chi connectivity index (χ1n) is 12.3. The number of carbonyl (C=O) groups is 1. The van der Waals surface area contributed by atoms with E-state index in [0.717, 1.165) is 25.3 Å². The molecule has 3 heterocycles. The Balaban J connectivity index is 1.22.